The molecule has 1 aliphatic rings. The number of halogens is 1. The van der Waals surface area contributed by atoms with Crippen molar-refractivity contribution in [2.75, 3.05) is 0 Å². The maximum absolute atomic E-state index is 9.71. The number of nitrogens with zero attached hydrogens (tertiary/aromatic N) is 5. The molecule has 0 atom stereocenters. The van der Waals surface area contributed by atoms with Crippen LogP contribution in [0.3, 0.4) is 0 Å². The molecule has 8 heteroatoms. The van der Waals surface area contributed by atoms with E-state index >= 15 is 0 Å². The van der Waals surface area contributed by atoms with E-state index in [9.17, 15) is 5.11 Å². The van der Waals surface area contributed by atoms with Gasteiger partial charge in [-0.05, 0) is 62.9 Å². The SMILES string of the molecule is Cc1nc2cccnc2n2c(-c3cc(OC4CCC(O)CC4)ccc3Cl)nnc12. The van der Waals surface area contributed by atoms with E-state index in [1.54, 1.807) is 6.20 Å². The standard InChI is InChI=1S/C21H20ClN5O2/c1-12-19-25-26-20(27(19)21-18(24-12)3-2-10-23-21)16-11-15(8-9-17(16)22)29-14-6-4-13(28)5-7-14/h2-3,8-11,13-14,28H,4-7H2,1H3. The molecule has 3 aromatic heterocycles. The maximum atomic E-state index is 9.71. The number of rotatable bonds is 3. The molecule has 7 nitrogen and oxygen atoms in total. The average Bonchev–Trinajstić information content (AvgIpc) is 3.17. The van der Waals surface area contributed by atoms with Gasteiger partial charge in [0.1, 0.15) is 11.3 Å². The smallest absolute Gasteiger partial charge is 0.184 e. The lowest BCUT2D eigenvalue weighted by Crippen LogP contribution is -2.26. The molecule has 148 valence electrons. The molecule has 1 saturated carbocycles. The van der Waals surface area contributed by atoms with Crippen LogP contribution in [-0.4, -0.2) is 41.9 Å². The second-order valence-electron chi connectivity index (χ2n) is 7.42. The minimum absolute atomic E-state index is 0.0940. The molecule has 0 bridgehead atoms. The van der Waals surface area contributed by atoms with Gasteiger partial charge in [-0.3, -0.25) is 4.40 Å². The van der Waals surface area contributed by atoms with Crippen LogP contribution in [0.25, 0.3) is 28.2 Å². The van der Waals surface area contributed by atoms with E-state index in [0.29, 0.717) is 22.1 Å². The lowest BCUT2D eigenvalue weighted by Gasteiger charge is -2.26. The highest BCUT2D eigenvalue weighted by atomic mass is 35.5. The third-order valence-electron chi connectivity index (χ3n) is 5.38. The third-order valence-corrected chi connectivity index (χ3v) is 5.71. The largest absolute Gasteiger partial charge is 0.490 e. The fourth-order valence-electron chi connectivity index (χ4n) is 3.88. The molecule has 0 saturated heterocycles. The number of aromatic nitrogens is 5. The van der Waals surface area contributed by atoms with E-state index in [0.717, 1.165) is 48.2 Å². The Bertz CT molecular complexity index is 1200. The lowest BCUT2D eigenvalue weighted by molar-refractivity contribution is 0.0666. The van der Waals surface area contributed by atoms with E-state index in [1.807, 2.05) is 41.7 Å². The Hall–Kier alpha value is -2.77. The van der Waals surface area contributed by atoms with Crippen LogP contribution in [-0.2, 0) is 0 Å². The summed E-state index contributed by atoms with van der Waals surface area (Å²) in [5, 5.41) is 19.0. The van der Waals surface area contributed by atoms with E-state index in [1.165, 1.54) is 0 Å². The van der Waals surface area contributed by atoms with Crippen LogP contribution in [0.5, 0.6) is 5.75 Å². The molecule has 1 fully saturated rings. The van der Waals surface area contributed by atoms with Crippen molar-refractivity contribution in [3.8, 4) is 17.1 Å². The molecule has 0 spiro atoms. The monoisotopic (exact) mass is 409 g/mol. The summed E-state index contributed by atoms with van der Waals surface area (Å²) < 4.78 is 8.05. The fourth-order valence-corrected chi connectivity index (χ4v) is 4.08. The van der Waals surface area contributed by atoms with Crippen LogP contribution < -0.4 is 4.74 Å². The van der Waals surface area contributed by atoms with Gasteiger partial charge in [-0.1, -0.05) is 11.6 Å². The van der Waals surface area contributed by atoms with Crippen LogP contribution in [0.1, 0.15) is 31.4 Å². The Labute approximate surface area is 172 Å². The van der Waals surface area contributed by atoms with Crippen molar-refractivity contribution in [3.05, 3.63) is 47.2 Å². The van der Waals surface area contributed by atoms with Gasteiger partial charge in [0, 0.05) is 11.8 Å². The topological polar surface area (TPSA) is 85.4 Å². The zero-order chi connectivity index (χ0) is 20.0. The molecule has 1 aromatic carbocycles. The summed E-state index contributed by atoms with van der Waals surface area (Å²) in [6.07, 6.45) is 4.82. The van der Waals surface area contributed by atoms with Gasteiger partial charge in [0.15, 0.2) is 17.1 Å². The quantitative estimate of drug-likeness (QED) is 0.550. The first-order valence-corrected chi connectivity index (χ1v) is 10.1. The molecule has 5 rings (SSSR count). The second-order valence-corrected chi connectivity index (χ2v) is 7.82. The van der Waals surface area contributed by atoms with Gasteiger partial charge in [-0.15, -0.1) is 10.2 Å². The first kappa shape index (κ1) is 18.3. The Balaban J connectivity index is 1.60. The predicted molar refractivity (Wildman–Crippen MR) is 110 cm³/mol. The second kappa shape index (κ2) is 7.24. The van der Waals surface area contributed by atoms with Crippen LogP contribution in [0.15, 0.2) is 36.5 Å². The first-order valence-electron chi connectivity index (χ1n) is 9.71. The van der Waals surface area contributed by atoms with Crippen molar-refractivity contribution in [2.24, 2.45) is 0 Å². The minimum atomic E-state index is -0.212. The molecular weight excluding hydrogens is 390 g/mol. The normalized spacial score (nSPS) is 19.7. The first-order chi connectivity index (χ1) is 14.1. The Morgan fingerprint density at radius 3 is 2.76 bits per heavy atom. The van der Waals surface area contributed by atoms with E-state index in [4.69, 9.17) is 16.3 Å². The fraction of sp³-hybridized carbons (Fsp3) is 0.333. The highest BCUT2D eigenvalue weighted by Crippen LogP contribution is 2.33. The Kier molecular flexibility index (Phi) is 4.56. The molecule has 1 N–H and O–H groups in total. The van der Waals surface area contributed by atoms with Gasteiger partial charge in [0.05, 0.1) is 22.9 Å². The maximum Gasteiger partial charge on any atom is 0.184 e. The summed E-state index contributed by atoms with van der Waals surface area (Å²) in [6.45, 7) is 1.90. The summed E-state index contributed by atoms with van der Waals surface area (Å²) in [7, 11) is 0. The van der Waals surface area contributed by atoms with Gasteiger partial charge < -0.3 is 9.84 Å². The summed E-state index contributed by atoms with van der Waals surface area (Å²) in [6, 6.07) is 9.34. The van der Waals surface area contributed by atoms with Crippen molar-refractivity contribution in [1.29, 1.82) is 0 Å². The Morgan fingerprint density at radius 2 is 1.93 bits per heavy atom. The number of hydrogen-bond acceptors (Lipinski definition) is 6. The highest BCUT2D eigenvalue weighted by molar-refractivity contribution is 6.33. The van der Waals surface area contributed by atoms with Gasteiger partial charge in [0.2, 0.25) is 0 Å². The number of fused-ring (bicyclic) bond motifs is 3. The van der Waals surface area contributed by atoms with Crippen molar-refractivity contribution in [1.82, 2.24) is 24.6 Å². The number of aliphatic hydroxyl groups excluding tert-OH is 1. The number of aliphatic hydroxyl groups is 1. The van der Waals surface area contributed by atoms with Gasteiger partial charge >= 0.3 is 0 Å². The number of benzene rings is 1. The van der Waals surface area contributed by atoms with Crippen LogP contribution in [0.4, 0.5) is 0 Å². The van der Waals surface area contributed by atoms with Crippen LogP contribution >= 0.6 is 11.6 Å². The Morgan fingerprint density at radius 1 is 1.10 bits per heavy atom. The van der Waals surface area contributed by atoms with Crippen LogP contribution in [0, 0.1) is 6.92 Å². The number of hydrogen-bond donors (Lipinski definition) is 1. The van der Waals surface area contributed by atoms with Crippen molar-refractivity contribution >= 4 is 28.4 Å². The number of ether oxygens (including phenoxy) is 1. The number of aryl methyl sites for hydroxylation is 1. The molecule has 29 heavy (non-hydrogen) atoms. The molecule has 1 aliphatic carbocycles. The van der Waals surface area contributed by atoms with Crippen molar-refractivity contribution in [2.45, 2.75) is 44.8 Å². The zero-order valence-electron chi connectivity index (χ0n) is 15.9. The van der Waals surface area contributed by atoms with Gasteiger partial charge in [0.25, 0.3) is 0 Å². The van der Waals surface area contributed by atoms with E-state index in [-0.39, 0.29) is 12.2 Å². The van der Waals surface area contributed by atoms with E-state index in [2.05, 4.69) is 20.2 Å². The summed E-state index contributed by atoms with van der Waals surface area (Å²) in [4.78, 5) is 9.05. The predicted octanol–water partition coefficient (Wildman–Crippen LogP) is 3.98. The molecule has 0 unspecified atom stereocenters. The molecule has 0 amide bonds. The van der Waals surface area contributed by atoms with Gasteiger partial charge in [-0.25, -0.2) is 9.97 Å². The number of pyridine rings is 1. The molecule has 0 radical (unpaired) electrons. The van der Waals surface area contributed by atoms with Crippen molar-refractivity contribution < 1.29 is 9.84 Å². The summed E-state index contributed by atoms with van der Waals surface area (Å²) >= 11 is 6.54. The molecule has 3 heterocycles. The zero-order valence-corrected chi connectivity index (χ0v) is 16.7. The van der Waals surface area contributed by atoms with E-state index < -0.39 is 0 Å². The molecule has 0 aliphatic heterocycles. The lowest BCUT2D eigenvalue weighted by atomic mass is 9.95. The van der Waals surface area contributed by atoms with Crippen LogP contribution in [0.2, 0.25) is 5.02 Å². The van der Waals surface area contributed by atoms with Crippen molar-refractivity contribution in [3.63, 3.8) is 0 Å². The third kappa shape index (κ3) is 3.30. The highest BCUT2D eigenvalue weighted by Gasteiger charge is 2.22. The average molecular weight is 410 g/mol. The molecule has 4 aromatic rings. The summed E-state index contributed by atoms with van der Waals surface area (Å²) in [5.74, 6) is 1.33. The minimum Gasteiger partial charge on any atom is -0.490 e. The van der Waals surface area contributed by atoms with Gasteiger partial charge in [-0.2, -0.15) is 0 Å². The summed E-state index contributed by atoms with van der Waals surface area (Å²) in [5.41, 5.74) is 3.59. The molecular formula is C21H20ClN5O2.